The molecule has 22 heavy (non-hydrogen) atoms. The smallest absolute Gasteiger partial charge is 0.338 e. The average molecular weight is 299 g/mol. The standard InChI is InChI=1S/C17H17NO4/c1-13(7-8-14-5-3-2-4-6-14)22-17(19)15-9-11-16(12-10-15)18(20)21/h2-6,9-13H,7-8H2,1H3/t13-/m1/s1. The zero-order valence-corrected chi connectivity index (χ0v) is 12.3. The zero-order chi connectivity index (χ0) is 15.9. The molecule has 0 saturated heterocycles. The maximum absolute atomic E-state index is 12.0. The predicted molar refractivity (Wildman–Crippen MR) is 82.7 cm³/mol. The van der Waals surface area contributed by atoms with Crippen LogP contribution in [-0.2, 0) is 11.2 Å². The van der Waals surface area contributed by atoms with Gasteiger partial charge in [-0.05, 0) is 37.5 Å². The van der Waals surface area contributed by atoms with E-state index in [1.54, 1.807) is 0 Å². The van der Waals surface area contributed by atoms with E-state index in [0.29, 0.717) is 5.56 Å². The van der Waals surface area contributed by atoms with Crippen molar-refractivity contribution in [2.75, 3.05) is 0 Å². The van der Waals surface area contributed by atoms with Gasteiger partial charge in [0.1, 0.15) is 0 Å². The van der Waals surface area contributed by atoms with Gasteiger partial charge in [-0.1, -0.05) is 30.3 Å². The first kappa shape index (κ1) is 15.7. The van der Waals surface area contributed by atoms with Crippen LogP contribution >= 0.6 is 0 Å². The molecule has 0 spiro atoms. The van der Waals surface area contributed by atoms with Crippen molar-refractivity contribution in [3.63, 3.8) is 0 Å². The molecule has 114 valence electrons. The number of benzene rings is 2. The molecule has 0 aliphatic heterocycles. The van der Waals surface area contributed by atoms with Crippen LogP contribution in [0.4, 0.5) is 5.69 Å². The van der Waals surface area contributed by atoms with E-state index in [1.165, 1.54) is 29.8 Å². The van der Waals surface area contributed by atoms with Gasteiger partial charge in [-0.25, -0.2) is 4.79 Å². The van der Waals surface area contributed by atoms with E-state index in [4.69, 9.17) is 4.74 Å². The van der Waals surface area contributed by atoms with E-state index in [1.807, 2.05) is 37.3 Å². The van der Waals surface area contributed by atoms with Gasteiger partial charge in [0, 0.05) is 12.1 Å². The van der Waals surface area contributed by atoms with Gasteiger partial charge in [0.05, 0.1) is 16.6 Å². The topological polar surface area (TPSA) is 69.4 Å². The maximum atomic E-state index is 12.0. The third kappa shape index (κ3) is 4.41. The Labute approximate surface area is 128 Å². The highest BCUT2D eigenvalue weighted by molar-refractivity contribution is 5.89. The van der Waals surface area contributed by atoms with Gasteiger partial charge in [0.15, 0.2) is 0 Å². The molecule has 0 aliphatic carbocycles. The van der Waals surface area contributed by atoms with Crippen LogP contribution < -0.4 is 0 Å². The van der Waals surface area contributed by atoms with Crippen LogP contribution in [0, 0.1) is 10.1 Å². The number of carbonyl (C=O) groups is 1. The molecule has 0 N–H and O–H groups in total. The van der Waals surface area contributed by atoms with Crippen molar-refractivity contribution >= 4 is 11.7 Å². The molecule has 0 heterocycles. The van der Waals surface area contributed by atoms with E-state index in [-0.39, 0.29) is 11.8 Å². The van der Waals surface area contributed by atoms with Gasteiger partial charge < -0.3 is 4.74 Å². The van der Waals surface area contributed by atoms with Crippen LogP contribution in [0.2, 0.25) is 0 Å². The van der Waals surface area contributed by atoms with Gasteiger partial charge in [-0.3, -0.25) is 10.1 Å². The number of rotatable bonds is 6. The van der Waals surface area contributed by atoms with Crippen molar-refractivity contribution in [2.45, 2.75) is 25.9 Å². The molecule has 0 unspecified atom stereocenters. The van der Waals surface area contributed by atoms with Crippen LogP contribution in [0.25, 0.3) is 0 Å². The Balaban J connectivity index is 1.86. The van der Waals surface area contributed by atoms with Crippen LogP contribution in [0.15, 0.2) is 54.6 Å². The van der Waals surface area contributed by atoms with Gasteiger partial charge in [-0.2, -0.15) is 0 Å². The van der Waals surface area contributed by atoms with Crippen LogP contribution in [0.1, 0.15) is 29.3 Å². The molecule has 1 atom stereocenters. The molecule has 0 fully saturated rings. The minimum Gasteiger partial charge on any atom is -0.459 e. The van der Waals surface area contributed by atoms with E-state index < -0.39 is 10.9 Å². The Kier molecular flexibility index (Phi) is 5.25. The maximum Gasteiger partial charge on any atom is 0.338 e. The minimum absolute atomic E-state index is 0.0475. The normalized spacial score (nSPS) is 11.7. The van der Waals surface area contributed by atoms with Crippen LogP contribution in [0.3, 0.4) is 0 Å². The van der Waals surface area contributed by atoms with E-state index in [0.717, 1.165) is 12.8 Å². The second kappa shape index (κ2) is 7.36. The summed E-state index contributed by atoms with van der Waals surface area (Å²) < 4.78 is 5.35. The molecule has 0 radical (unpaired) electrons. The minimum atomic E-state index is -0.502. The lowest BCUT2D eigenvalue weighted by Gasteiger charge is -2.13. The number of carbonyl (C=O) groups excluding carboxylic acids is 1. The van der Waals surface area contributed by atoms with E-state index >= 15 is 0 Å². The predicted octanol–water partition coefficient (Wildman–Crippen LogP) is 3.77. The summed E-state index contributed by atoms with van der Waals surface area (Å²) in [5, 5.41) is 10.6. The quantitative estimate of drug-likeness (QED) is 0.462. The van der Waals surface area contributed by atoms with Crippen molar-refractivity contribution in [2.24, 2.45) is 0 Å². The summed E-state index contributed by atoms with van der Waals surface area (Å²) in [5.74, 6) is -0.463. The summed E-state index contributed by atoms with van der Waals surface area (Å²) >= 11 is 0. The first-order valence-corrected chi connectivity index (χ1v) is 7.05. The van der Waals surface area contributed by atoms with Crippen molar-refractivity contribution in [3.8, 4) is 0 Å². The molecule has 2 aromatic carbocycles. The second-order valence-corrected chi connectivity index (χ2v) is 5.04. The lowest BCUT2D eigenvalue weighted by atomic mass is 10.1. The largest absolute Gasteiger partial charge is 0.459 e. The number of hydrogen-bond donors (Lipinski definition) is 0. The monoisotopic (exact) mass is 299 g/mol. The van der Waals surface area contributed by atoms with Crippen LogP contribution in [-0.4, -0.2) is 17.0 Å². The number of ether oxygens (including phenoxy) is 1. The average Bonchev–Trinajstić information content (AvgIpc) is 2.54. The second-order valence-electron chi connectivity index (χ2n) is 5.04. The molecule has 5 heteroatoms. The Morgan fingerprint density at radius 2 is 1.77 bits per heavy atom. The summed E-state index contributed by atoms with van der Waals surface area (Å²) in [6, 6.07) is 15.4. The first-order chi connectivity index (χ1) is 10.6. The molecule has 0 aromatic heterocycles. The van der Waals surface area contributed by atoms with Gasteiger partial charge in [0.25, 0.3) is 5.69 Å². The third-order valence-electron chi connectivity index (χ3n) is 3.30. The lowest BCUT2D eigenvalue weighted by Crippen LogP contribution is -2.15. The number of nitro benzene ring substituents is 1. The molecular formula is C17H17NO4. The molecule has 5 nitrogen and oxygen atoms in total. The number of non-ortho nitro benzene ring substituents is 1. The zero-order valence-electron chi connectivity index (χ0n) is 12.3. The molecule has 0 amide bonds. The Morgan fingerprint density at radius 3 is 2.36 bits per heavy atom. The summed E-state index contributed by atoms with van der Waals surface area (Å²) in [7, 11) is 0. The first-order valence-electron chi connectivity index (χ1n) is 7.05. The number of esters is 1. The number of nitrogens with zero attached hydrogens (tertiary/aromatic N) is 1. The SMILES string of the molecule is C[C@H](CCc1ccccc1)OC(=O)c1ccc([N+](=O)[O-])cc1. The molecule has 0 saturated carbocycles. The number of hydrogen-bond acceptors (Lipinski definition) is 4. The van der Waals surface area contributed by atoms with Crippen molar-refractivity contribution in [1.29, 1.82) is 0 Å². The Morgan fingerprint density at radius 1 is 1.14 bits per heavy atom. The van der Waals surface area contributed by atoms with Gasteiger partial charge in [0.2, 0.25) is 0 Å². The van der Waals surface area contributed by atoms with Crippen molar-refractivity contribution in [1.82, 2.24) is 0 Å². The highest BCUT2D eigenvalue weighted by atomic mass is 16.6. The van der Waals surface area contributed by atoms with Gasteiger partial charge >= 0.3 is 5.97 Å². The lowest BCUT2D eigenvalue weighted by molar-refractivity contribution is -0.384. The summed E-state index contributed by atoms with van der Waals surface area (Å²) in [4.78, 5) is 22.0. The number of nitro groups is 1. The molecule has 0 aliphatic rings. The van der Waals surface area contributed by atoms with Gasteiger partial charge in [-0.15, -0.1) is 0 Å². The van der Waals surface area contributed by atoms with Crippen molar-refractivity contribution < 1.29 is 14.5 Å². The summed E-state index contributed by atoms with van der Waals surface area (Å²) in [5.41, 5.74) is 1.46. The number of aryl methyl sites for hydroxylation is 1. The molecule has 2 aromatic rings. The third-order valence-corrected chi connectivity index (χ3v) is 3.30. The van der Waals surface area contributed by atoms with E-state index in [2.05, 4.69) is 0 Å². The van der Waals surface area contributed by atoms with Crippen molar-refractivity contribution in [3.05, 3.63) is 75.8 Å². The Hall–Kier alpha value is -2.69. The molecule has 0 bridgehead atoms. The summed E-state index contributed by atoms with van der Waals surface area (Å²) in [6.45, 7) is 1.84. The Bertz CT molecular complexity index is 637. The summed E-state index contributed by atoms with van der Waals surface area (Å²) in [6.07, 6.45) is 1.33. The molecular weight excluding hydrogens is 282 g/mol. The fourth-order valence-corrected chi connectivity index (χ4v) is 2.04. The highest BCUT2D eigenvalue weighted by Crippen LogP contribution is 2.14. The molecule has 2 rings (SSSR count). The fraction of sp³-hybridized carbons (Fsp3) is 0.235. The van der Waals surface area contributed by atoms with E-state index in [9.17, 15) is 14.9 Å². The fourth-order valence-electron chi connectivity index (χ4n) is 2.04. The highest BCUT2D eigenvalue weighted by Gasteiger charge is 2.13. The van der Waals surface area contributed by atoms with Crippen LogP contribution in [0.5, 0.6) is 0 Å².